The zero-order valence-electron chi connectivity index (χ0n) is 11.8. The van der Waals surface area contributed by atoms with Crippen LogP contribution in [0.3, 0.4) is 0 Å². The fraction of sp³-hybridized carbons (Fsp3) is 0.583. The fourth-order valence-electron chi connectivity index (χ4n) is 2.62. The summed E-state index contributed by atoms with van der Waals surface area (Å²) in [6.45, 7) is 2.57. The maximum absolute atomic E-state index is 12.5. The highest BCUT2D eigenvalue weighted by Crippen LogP contribution is 2.30. The lowest BCUT2D eigenvalue weighted by atomic mass is 9.99. The van der Waals surface area contributed by atoms with E-state index in [2.05, 4.69) is 20.7 Å². The Hall–Kier alpha value is -2.45. The Morgan fingerprint density at radius 3 is 3.05 bits per heavy atom. The summed E-state index contributed by atoms with van der Waals surface area (Å²) in [6.07, 6.45) is 2.92. The molecule has 0 spiro atoms. The van der Waals surface area contributed by atoms with Crippen molar-refractivity contribution in [1.29, 1.82) is 0 Å². The molecule has 0 saturated carbocycles. The monoisotopic (exact) mass is 291 g/mol. The first-order chi connectivity index (χ1) is 10.1. The number of carbonyl (C=O) groups is 1. The first kappa shape index (κ1) is 13.5. The summed E-state index contributed by atoms with van der Waals surface area (Å²) in [7, 11) is 0. The van der Waals surface area contributed by atoms with E-state index in [-0.39, 0.29) is 24.4 Å². The second-order valence-electron chi connectivity index (χ2n) is 5.16. The number of nitrogen functional groups attached to an aromatic ring is 1. The predicted molar refractivity (Wildman–Crippen MR) is 71.8 cm³/mol. The van der Waals surface area contributed by atoms with Gasteiger partial charge in [0.2, 0.25) is 11.9 Å². The molecule has 1 aliphatic rings. The average molecular weight is 291 g/mol. The number of rotatable bonds is 3. The lowest BCUT2D eigenvalue weighted by molar-refractivity contribution is -0.136. The molecule has 2 aromatic rings. The summed E-state index contributed by atoms with van der Waals surface area (Å²) in [5, 5.41) is 14.8. The molecule has 1 aliphatic heterocycles. The van der Waals surface area contributed by atoms with Crippen LogP contribution in [0.2, 0.25) is 0 Å². The lowest BCUT2D eigenvalue weighted by Gasteiger charge is -2.34. The molecule has 21 heavy (non-hydrogen) atoms. The highest BCUT2D eigenvalue weighted by atomic mass is 16.5. The van der Waals surface area contributed by atoms with E-state index in [1.54, 1.807) is 0 Å². The Labute approximate surface area is 121 Å². The van der Waals surface area contributed by atoms with Crippen LogP contribution in [-0.4, -0.2) is 42.7 Å². The number of amides is 1. The number of hydrogen-bond donors (Lipinski definition) is 1. The van der Waals surface area contributed by atoms with Gasteiger partial charge in [0.25, 0.3) is 0 Å². The smallest absolute Gasteiger partial charge is 0.245 e. The van der Waals surface area contributed by atoms with Crippen LogP contribution < -0.4 is 5.73 Å². The van der Waals surface area contributed by atoms with Gasteiger partial charge in [-0.05, 0) is 36.6 Å². The number of aromatic nitrogens is 5. The van der Waals surface area contributed by atoms with Crippen molar-refractivity contribution in [2.24, 2.45) is 0 Å². The third-order valence-electron chi connectivity index (χ3n) is 3.66. The first-order valence-corrected chi connectivity index (χ1v) is 6.89. The number of nitrogens with zero attached hydrogens (tertiary/aromatic N) is 6. The van der Waals surface area contributed by atoms with Crippen LogP contribution in [-0.2, 0) is 11.3 Å². The van der Waals surface area contributed by atoms with Crippen molar-refractivity contribution in [3.63, 3.8) is 0 Å². The molecular formula is C12H17N7O2. The molecule has 3 heterocycles. The van der Waals surface area contributed by atoms with Crippen LogP contribution >= 0.6 is 0 Å². The van der Waals surface area contributed by atoms with Crippen molar-refractivity contribution >= 4 is 11.9 Å². The largest absolute Gasteiger partial charge is 0.367 e. The van der Waals surface area contributed by atoms with E-state index in [1.807, 2.05) is 17.9 Å². The molecule has 112 valence electrons. The van der Waals surface area contributed by atoms with Crippen LogP contribution in [0.15, 0.2) is 10.6 Å². The highest BCUT2D eigenvalue weighted by molar-refractivity contribution is 5.76. The Morgan fingerprint density at radius 2 is 2.38 bits per heavy atom. The molecule has 0 bridgehead atoms. The summed E-state index contributed by atoms with van der Waals surface area (Å²) in [6, 6.07) is 1.82. The normalized spacial score (nSPS) is 18.9. The lowest BCUT2D eigenvalue weighted by Crippen LogP contribution is -2.40. The molecule has 0 aromatic carbocycles. The third-order valence-corrected chi connectivity index (χ3v) is 3.66. The number of anilines is 1. The fourth-order valence-corrected chi connectivity index (χ4v) is 2.62. The van der Waals surface area contributed by atoms with Crippen LogP contribution in [0, 0.1) is 6.92 Å². The number of carbonyl (C=O) groups excluding carboxylic acids is 1. The highest BCUT2D eigenvalue weighted by Gasteiger charge is 2.30. The van der Waals surface area contributed by atoms with E-state index < -0.39 is 0 Å². The number of piperidine rings is 1. The summed E-state index contributed by atoms with van der Waals surface area (Å²) < 4.78 is 6.42. The van der Waals surface area contributed by atoms with Crippen molar-refractivity contribution in [2.45, 2.75) is 38.8 Å². The van der Waals surface area contributed by atoms with Gasteiger partial charge in [0, 0.05) is 12.6 Å². The predicted octanol–water partition coefficient (Wildman–Crippen LogP) is 0.306. The van der Waals surface area contributed by atoms with Gasteiger partial charge >= 0.3 is 0 Å². The minimum Gasteiger partial charge on any atom is -0.367 e. The number of nitrogens with two attached hydrogens (primary N) is 1. The maximum atomic E-state index is 12.5. The van der Waals surface area contributed by atoms with Gasteiger partial charge in [0.05, 0.1) is 6.04 Å². The van der Waals surface area contributed by atoms with Crippen LogP contribution in [0.4, 0.5) is 5.95 Å². The zero-order valence-corrected chi connectivity index (χ0v) is 11.8. The first-order valence-electron chi connectivity index (χ1n) is 6.89. The molecule has 1 atom stereocenters. The molecular weight excluding hydrogens is 274 g/mol. The molecule has 9 heteroatoms. The summed E-state index contributed by atoms with van der Waals surface area (Å²) in [5.74, 6) is 0.807. The van der Waals surface area contributed by atoms with E-state index >= 15 is 0 Å². The van der Waals surface area contributed by atoms with E-state index in [9.17, 15) is 4.79 Å². The van der Waals surface area contributed by atoms with Gasteiger partial charge in [-0.2, -0.15) is 0 Å². The average Bonchev–Trinajstić information content (AvgIpc) is 3.08. The summed E-state index contributed by atoms with van der Waals surface area (Å²) >= 11 is 0. The van der Waals surface area contributed by atoms with Crippen molar-refractivity contribution in [3.8, 4) is 0 Å². The van der Waals surface area contributed by atoms with Crippen molar-refractivity contribution in [1.82, 2.24) is 30.3 Å². The Balaban J connectivity index is 1.77. The topological polar surface area (TPSA) is 116 Å². The second-order valence-corrected chi connectivity index (χ2v) is 5.16. The molecule has 1 unspecified atom stereocenters. The molecule has 1 fully saturated rings. The molecule has 9 nitrogen and oxygen atoms in total. The zero-order chi connectivity index (χ0) is 14.8. The van der Waals surface area contributed by atoms with Gasteiger partial charge in [0.15, 0.2) is 0 Å². The van der Waals surface area contributed by atoms with E-state index in [4.69, 9.17) is 10.3 Å². The van der Waals surface area contributed by atoms with E-state index in [0.29, 0.717) is 6.54 Å². The van der Waals surface area contributed by atoms with E-state index in [1.165, 1.54) is 4.68 Å². The molecule has 1 amide bonds. The minimum absolute atomic E-state index is 0.0339. The van der Waals surface area contributed by atoms with Gasteiger partial charge in [0.1, 0.15) is 18.0 Å². The molecule has 2 aromatic heterocycles. The van der Waals surface area contributed by atoms with Crippen LogP contribution in [0.25, 0.3) is 0 Å². The quantitative estimate of drug-likeness (QED) is 0.864. The van der Waals surface area contributed by atoms with Gasteiger partial charge in [-0.3, -0.25) is 4.79 Å². The maximum Gasteiger partial charge on any atom is 0.245 e. The number of hydrogen-bond acceptors (Lipinski definition) is 7. The van der Waals surface area contributed by atoms with Crippen molar-refractivity contribution < 1.29 is 9.32 Å². The van der Waals surface area contributed by atoms with Gasteiger partial charge < -0.3 is 15.2 Å². The van der Waals surface area contributed by atoms with E-state index in [0.717, 1.165) is 30.7 Å². The molecule has 0 aliphatic carbocycles. The SMILES string of the molecule is Cc1cc(C2CCCCN2C(=O)Cn2nnnc2N)no1. The minimum atomic E-state index is -0.0700. The third kappa shape index (κ3) is 2.71. The van der Waals surface area contributed by atoms with Crippen LogP contribution in [0.1, 0.15) is 36.8 Å². The Bertz CT molecular complexity index is 635. The molecule has 0 radical (unpaired) electrons. The van der Waals surface area contributed by atoms with Crippen molar-refractivity contribution in [3.05, 3.63) is 17.5 Å². The molecule has 1 saturated heterocycles. The second kappa shape index (κ2) is 5.51. The number of aryl methyl sites for hydroxylation is 1. The Morgan fingerprint density at radius 1 is 1.52 bits per heavy atom. The number of likely N-dealkylation sites (tertiary alicyclic amines) is 1. The van der Waals surface area contributed by atoms with Gasteiger partial charge in [-0.1, -0.05) is 10.3 Å². The summed E-state index contributed by atoms with van der Waals surface area (Å²) in [5.41, 5.74) is 6.39. The van der Waals surface area contributed by atoms with Gasteiger partial charge in [-0.15, -0.1) is 0 Å². The van der Waals surface area contributed by atoms with Gasteiger partial charge in [-0.25, -0.2) is 4.68 Å². The van der Waals surface area contributed by atoms with Crippen molar-refractivity contribution in [2.75, 3.05) is 12.3 Å². The summed E-state index contributed by atoms with van der Waals surface area (Å²) in [4.78, 5) is 14.3. The van der Waals surface area contributed by atoms with Crippen LogP contribution in [0.5, 0.6) is 0 Å². The molecule has 3 rings (SSSR count). The Kier molecular flexibility index (Phi) is 3.55. The standard InChI is InChI=1S/C12H17N7O2/c1-8-6-9(15-21-8)10-4-2-3-5-18(10)11(20)7-19-12(13)14-16-17-19/h6,10H,2-5,7H2,1H3,(H2,13,14,17). The molecule has 2 N–H and O–H groups in total. The number of tetrazole rings is 1.